The summed E-state index contributed by atoms with van der Waals surface area (Å²) in [4.78, 5) is 8.22. The standard InChI is InChI=1S/C16H10N2O/c1-2-4-15-12(3-1)13-9-11(5-6-16(13)19-15)14-7-8-17-10-18-14/h1-10H. The average Bonchev–Trinajstić information content (AvgIpc) is 2.86. The highest BCUT2D eigenvalue weighted by Crippen LogP contribution is 2.31. The maximum atomic E-state index is 5.81. The molecular weight excluding hydrogens is 236 g/mol. The molecule has 2 aromatic carbocycles. The lowest BCUT2D eigenvalue weighted by molar-refractivity contribution is 0.669. The van der Waals surface area contributed by atoms with Crippen LogP contribution in [0.1, 0.15) is 0 Å². The van der Waals surface area contributed by atoms with E-state index in [0.29, 0.717) is 0 Å². The molecule has 0 fully saturated rings. The molecule has 4 aromatic rings. The number of aromatic nitrogens is 2. The van der Waals surface area contributed by atoms with Crippen LogP contribution < -0.4 is 0 Å². The summed E-state index contributed by atoms with van der Waals surface area (Å²) in [6, 6.07) is 16.1. The third-order valence-corrected chi connectivity index (χ3v) is 3.25. The third kappa shape index (κ3) is 1.59. The van der Waals surface area contributed by atoms with Crippen molar-refractivity contribution in [1.82, 2.24) is 9.97 Å². The highest BCUT2D eigenvalue weighted by atomic mass is 16.3. The number of furan rings is 1. The normalized spacial score (nSPS) is 11.2. The molecule has 2 heterocycles. The first-order chi connectivity index (χ1) is 9.42. The maximum Gasteiger partial charge on any atom is 0.135 e. The number of fused-ring (bicyclic) bond motifs is 3. The van der Waals surface area contributed by atoms with Crippen molar-refractivity contribution in [2.24, 2.45) is 0 Å². The van der Waals surface area contributed by atoms with Crippen LogP contribution in [0.3, 0.4) is 0 Å². The highest BCUT2D eigenvalue weighted by molar-refractivity contribution is 6.06. The number of benzene rings is 2. The topological polar surface area (TPSA) is 38.9 Å². The van der Waals surface area contributed by atoms with Crippen molar-refractivity contribution in [1.29, 1.82) is 0 Å². The van der Waals surface area contributed by atoms with Crippen LogP contribution in [0.2, 0.25) is 0 Å². The van der Waals surface area contributed by atoms with Crippen LogP contribution in [0.25, 0.3) is 33.2 Å². The first-order valence-electron chi connectivity index (χ1n) is 6.09. The van der Waals surface area contributed by atoms with Crippen molar-refractivity contribution in [3.8, 4) is 11.3 Å². The van der Waals surface area contributed by atoms with Gasteiger partial charge in [0, 0.05) is 22.5 Å². The van der Waals surface area contributed by atoms with Gasteiger partial charge in [-0.2, -0.15) is 0 Å². The van der Waals surface area contributed by atoms with Gasteiger partial charge < -0.3 is 4.42 Å². The molecule has 0 atom stereocenters. The Hall–Kier alpha value is -2.68. The summed E-state index contributed by atoms with van der Waals surface area (Å²) in [5, 5.41) is 2.25. The van der Waals surface area contributed by atoms with Gasteiger partial charge in [0.15, 0.2) is 0 Å². The minimum Gasteiger partial charge on any atom is -0.456 e. The predicted octanol–water partition coefficient (Wildman–Crippen LogP) is 4.04. The summed E-state index contributed by atoms with van der Waals surface area (Å²) in [5.41, 5.74) is 3.81. The second-order valence-corrected chi connectivity index (χ2v) is 4.40. The lowest BCUT2D eigenvalue weighted by Crippen LogP contribution is -1.83. The van der Waals surface area contributed by atoms with Crippen LogP contribution in [0.4, 0.5) is 0 Å². The monoisotopic (exact) mass is 246 g/mol. The van der Waals surface area contributed by atoms with Gasteiger partial charge in [0.05, 0.1) is 5.69 Å². The number of hydrogen-bond donors (Lipinski definition) is 0. The molecule has 4 rings (SSSR count). The molecule has 3 nitrogen and oxygen atoms in total. The molecule has 0 N–H and O–H groups in total. The molecule has 0 saturated heterocycles. The lowest BCUT2D eigenvalue weighted by Gasteiger charge is -1.99. The van der Waals surface area contributed by atoms with E-state index < -0.39 is 0 Å². The van der Waals surface area contributed by atoms with Gasteiger partial charge in [-0.1, -0.05) is 18.2 Å². The van der Waals surface area contributed by atoms with Crippen molar-refractivity contribution < 1.29 is 4.42 Å². The molecule has 0 aliphatic rings. The molecule has 19 heavy (non-hydrogen) atoms. The largest absolute Gasteiger partial charge is 0.456 e. The molecule has 90 valence electrons. The molecule has 0 spiro atoms. The Morgan fingerprint density at radius 2 is 1.74 bits per heavy atom. The van der Waals surface area contributed by atoms with Crippen LogP contribution in [-0.4, -0.2) is 9.97 Å². The molecule has 0 saturated carbocycles. The summed E-state index contributed by atoms with van der Waals surface area (Å²) in [7, 11) is 0. The van der Waals surface area contributed by atoms with E-state index in [1.165, 1.54) is 0 Å². The van der Waals surface area contributed by atoms with Crippen LogP contribution in [0, 0.1) is 0 Å². The molecule has 0 aliphatic heterocycles. The minimum atomic E-state index is 0.902. The van der Waals surface area contributed by atoms with Gasteiger partial charge in [-0.15, -0.1) is 0 Å². The van der Waals surface area contributed by atoms with E-state index in [-0.39, 0.29) is 0 Å². The summed E-state index contributed by atoms with van der Waals surface area (Å²) in [6.07, 6.45) is 3.31. The van der Waals surface area contributed by atoms with Crippen molar-refractivity contribution in [2.45, 2.75) is 0 Å². The van der Waals surface area contributed by atoms with E-state index in [1.807, 2.05) is 36.4 Å². The first kappa shape index (κ1) is 10.3. The summed E-state index contributed by atoms with van der Waals surface area (Å²) < 4.78 is 5.81. The molecule has 0 radical (unpaired) electrons. The maximum absolute atomic E-state index is 5.81. The summed E-state index contributed by atoms with van der Waals surface area (Å²) >= 11 is 0. The van der Waals surface area contributed by atoms with E-state index in [2.05, 4.69) is 22.1 Å². The van der Waals surface area contributed by atoms with Gasteiger partial charge in [-0.3, -0.25) is 0 Å². The Bertz CT molecular complexity index is 866. The molecule has 0 unspecified atom stereocenters. The van der Waals surface area contributed by atoms with E-state index >= 15 is 0 Å². The smallest absolute Gasteiger partial charge is 0.135 e. The summed E-state index contributed by atoms with van der Waals surface area (Å²) in [6.45, 7) is 0. The van der Waals surface area contributed by atoms with E-state index in [0.717, 1.165) is 33.2 Å². The molecule has 0 aliphatic carbocycles. The Labute approximate surface area is 109 Å². The molecule has 3 heteroatoms. The highest BCUT2D eigenvalue weighted by Gasteiger charge is 2.07. The zero-order chi connectivity index (χ0) is 12.7. The number of hydrogen-bond acceptors (Lipinski definition) is 3. The zero-order valence-corrected chi connectivity index (χ0v) is 10.1. The van der Waals surface area contributed by atoms with Crippen molar-refractivity contribution in [2.75, 3.05) is 0 Å². The van der Waals surface area contributed by atoms with Crippen molar-refractivity contribution in [3.05, 3.63) is 61.1 Å². The van der Waals surface area contributed by atoms with Gasteiger partial charge in [-0.05, 0) is 30.3 Å². The number of para-hydroxylation sites is 1. The molecular formula is C16H10N2O. The van der Waals surface area contributed by atoms with Gasteiger partial charge >= 0.3 is 0 Å². The quantitative estimate of drug-likeness (QED) is 0.508. The van der Waals surface area contributed by atoms with Crippen molar-refractivity contribution >= 4 is 21.9 Å². The Kier molecular flexibility index (Phi) is 2.12. The molecule has 2 aromatic heterocycles. The van der Waals surface area contributed by atoms with E-state index in [4.69, 9.17) is 4.42 Å². The van der Waals surface area contributed by atoms with Crippen LogP contribution >= 0.6 is 0 Å². The fraction of sp³-hybridized carbons (Fsp3) is 0. The second kappa shape index (κ2) is 3.92. The van der Waals surface area contributed by atoms with Gasteiger partial charge in [-0.25, -0.2) is 9.97 Å². The molecule has 0 bridgehead atoms. The molecule has 0 amide bonds. The second-order valence-electron chi connectivity index (χ2n) is 4.40. The lowest BCUT2D eigenvalue weighted by atomic mass is 10.1. The number of rotatable bonds is 1. The van der Waals surface area contributed by atoms with E-state index in [1.54, 1.807) is 12.5 Å². The van der Waals surface area contributed by atoms with Crippen LogP contribution in [-0.2, 0) is 0 Å². The van der Waals surface area contributed by atoms with Gasteiger partial charge in [0.25, 0.3) is 0 Å². The Morgan fingerprint density at radius 1 is 0.842 bits per heavy atom. The summed E-state index contributed by atoms with van der Waals surface area (Å²) in [5.74, 6) is 0. The zero-order valence-electron chi connectivity index (χ0n) is 10.1. The average molecular weight is 246 g/mol. The SMILES string of the molecule is c1ccc2c(c1)oc1ccc(-c3ccncn3)cc12. The number of nitrogens with zero attached hydrogens (tertiary/aromatic N) is 2. The van der Waals surface area contributed by atoms with Gasteiger partial charge in [0.2, 0.25) is 0 Å². The first-order valence-corrected chi connectivity index (χ1v) is 6.09. The third-order valence-electron chi connectivity index (χ3n) is 3.25. The van der Waals surface area contributed by atoms with Crippen LogP contribution in [0.15, 0.2) is 65.5 Å². The van der Waals surface area contributed by atoms with Gasteiger partial charge in [0.1, 0.15) is 17.5 Å². The minimum absolute atomic E-state index is 0.902. The van der Waals surface area contributed by atoms with E-state index in [9.17, 15) is 0 Å². The van der Waals surface area contributed by atoms with Crippen molar-refractivity contribution in [3.63, 3.8) is 0 Å². The Morgan fingerprint density at radius 3 is 2.63 bits per heavy atom. The Balaban J connectivity index is 2.03. The fourth-order valence-corrected chi connectivity index (χ4v) is 2.35. The fourth-order valence-electron chi connectivity index (χ4n) is 2.35. The van der Waals surface area contributed by atoms with Crippen LogP contribution in [0.5, 0.6) is 0 Å². The predicted molar refractivity (Wildman–Crippen MR) is 74.7 cm³/mol.